The summed E-state index contributed by atoms with van der Waals surface area (Å²) in [4.78, 5) is 16.7. The minimum Gasteiger partial charge on any atom is -0.371 e. The zero-order valence-electron chi connectivity index (χ0n) is 14.3. The van der Waals surface area contributed by atoms with Crippen LogP contribution in [0.4, 0.5) is 5.69 Å². The third kappa shape index (κ3) is 3.74. The Balaban J connectivity index is 1.61. The number of carbonyl (C=O) groups is 1. The molecule has 1 amide bonds. The average molecular weight is 350 g/mol. The van der Waals surface area contributed by atoms with Crippen LogP contribution in [-0.4, -0.2) is 56.4 Å². The number of amides is 1. The van der Waals surface area contributed by atoms with Crippen molar-refractivity contribution in [2.45, 2.75) is 38.6 Å². The van der Waals surface area contributed by atoms with E-state index >= 15 is 0 Å². The smallest absolute Gasteiger partial charge is 0.224 e. The predicted octanol–water partition coefficient (Wildman–Crippen LogP) is 1.86. The van der Waals surface area contributed by atoms with Crippen molar-refractivity contribution in [3.05, 3.63) is 29.8 Å². The van der Waals surface area contributed by atoms with Crippen LogP contribution in [0, 0.1) is 0 Å². The second kappa shape index (κ2) is 7.13. The van der Waals surface area contributed by atoms with Gasteiger partial charge in [0, 0.05) is 37.8 Å². The van der Waals surface area contributed by atoms with Gasteiger partial charge in [-0.1, -0.05) is 18.2 Å². The van der Waals surface area contributed by atoms with Crippen molar-refractivity contribution >= 4 is 21.4 Å². The first-order chi connectivity index (χ1) is 11.5. The van der Waals surface area contributed by atoms with Crippen LogP contribution < -0.4 is 4.90 Å². The van der Waals surface area contributed by atoms with Crippen molar-refractivity contribution in [3.63, 3.8) is 0 Å². The number of hydrogen-bond acceptors (Lipinski definition) is 4. The van der Waals surface area contributed by atoms with E-state index in [0.29, 0.717) is 25.9 Å². The van der Waals surface area contributed by atoms with E-state index in [0.717, 1.165) is 19.4 Å². The number of sulfone groups is 1. The zero-order valence-corrected chi connectivity index (χ0v) is 15.1. The lowest BCUT2D eigenvalue weighted by Crippen LogP contribution is -2.42. The van der Waals surface area contributed by atoms with Crippen LogP contribution >= 0.6 is 0 Å². The monoisotopic (exact) mass is 350 g/mol. The summed E-state index contributed by atoms with van der Waals surface area (Å²) in [7, 11) is -2.96. The standard InChI is InChI=1S/C18H26N2O3S/c1-2-20(16-10-13-24(22,23)14-16)18(21)9-12-19-11-5-7-15-6-3-4-8-17(15)19/h3-4,6,8,16H,2,5,7,9-14H2,1H3. The lowest BCUT2D eigenvalue weighted by molar-refractivity contribution is -0.132. The van der Waals surface area contributed by atoms with Crippen LogP contribution in [0.1, 0.15) is 31.7 Å². The number of rotatable bonds is 5. The van der Waals surface area contributed by atoms with E-state index in [1.54, 1.807) is 4.90 Å². The van der Waals surface area contributed by atoms with Crippen molar-refractivity contribution in [2.24, 2.45) is 0 Å². The molecule has 0 aromatic heterocycles. The molecule has 0 spiro atoms. The van der Waals surface area contributed by atoms with Gasteiger partial charge in [0.1, 0.15) is 0 Å². The molecular formula is C18H26N2O3S. The fraction of sp³-hybridized carbons (Fsp3) is 0.611. The molecule has 2 aliphatic heterocycles. The van der Waals surface area contributed by atoms with Gasteiger partial charge in [0.15, 0.2) is 9.84 Å². The molecule has 1 aromatic carbocycles. The second-order valence-electron chi connectivity index (χ2n) is 6.71. The Morgan fingerprint density at radius 2 is 2.12 bits per heavy atom. The molecule has 1 fully saturated rings. The molecule has 0 radical (unpaired) electrons. The highest BCUT2D eigenvalue weighted by Gasteiger charge is 2.33. The number of hydrogen-bond donors (Lipinski definition) is 0. The van der Waals surface area contributed by atoms with Crippen molar-refractivity contribution < 1.29 is 13.2 Å². The topological polar surface area (TPSA) is 57.7 Å². The number of benzene rings is 1. The molecule has 2 aliphatic rings. The van der Waals surface area contributed by atoms with Gasteiger partial charge in [-0.25, -0.2) is 8.42 Å². The second-order valence-corrected chi connectivity index (χ2v) is 8.93. The first-order valence-corrected chi connectivity index (χ1v) is 10.6. The number of aryl methyl sites for hydroxylation is 1. The minimum absolute atomic E-state index is 0.0719. The Bertz CT molecular complexity index is 702. The van der Waals surface area contributed by atoms with Gasteiger partial charge < -0.3 is 9.80 Å². The third-order valence-corrected chi connectivity index (χ3v) is 6.86. The first kappa shape index (κ1) is 17.3. The first-order valence-electron chi connectivity index (χ1n) is 8.83. The molecule has 1 atom stereocenters. The van der Waals surface area contributed by atoms with Crippen LogP contribution in [0.3, 0.4) is 0 Å². The third-order valence-electron chi connectivity index (χ3n) is 5.11. The molecule has 132 valence electrons. The van der Waals surface area contributed by atoms with Crippen LogP contribution in [-0.2, 0) is 21.1 Å². The van der Waals surface area contributed by atoms with E-state index in [2.05, 4.69) is 23.1 Å². The van der Waals surface area contributed by atoms with E-state index in [4.69, 9.17) is 0 Å². The van der Waals surface area contributed by atoms with Gasteiger partial charge in [0.25, 0.3) is 0 Å². The molecule has 0 aliphatic carbocycles. The Hall–Kier alpha value is -1.56. The number of nitrogens with zero attached hydrogens (tertiary/aromatic N) is 2. The Morgan fingerprint density at radius 3 is 2.83 bits per heavy atom. The van der Waals surface area contributed by atoms with Crippen molar-refractivity contribution in [1.82, 2.24) is 4.90 Å². The lowest BCUT2D eigenvalue weighted by atomic mass is 10.0. The Kier molecular flexibility index (Phi) is 5.13. The molecule has 1 saturated heterocycles. The largest absolute Gasteiger partial charge is 0.371 e. The summed E-state index contributed by atoms with van der Waals surface area (Å²) in [6.45, 7) is 4.19. The maximum absolute atomic E-state index is 12.6. The van der Waals surface area contributed by atoms with Crippen molar-refractivity contribution in [1.29, 1.82) is 0 Å². The molecule has 2 heterocycles. The molecule has 1 unspecified atom stereocenters. The molecule has 3 rings (SSSR count). The van der Waals surface area contributed by atoms with Gasteiger partial charge in [-0.3, -0.25) is 4.79 Å². The molecule has 24 heavy (non-hydrogen) atoms. The maximum atomic E-state index is 12.6. The fourth-order valence-electron chi connectivity index (χ4n) is 3.88. The molecule has 1 aromatic rings. The van der Waals surface area contributed by atoms with Crippen molar-refractivity contribution in [2.75, 3.05) is 36.0 Å². The Labute approximate surface area is 144 Å². The highest BCUT2D eigenvalue weighted by molar-refractivity contribution is 7.91. The van der Waals surface area contributed by atoms with Gasteiger partial charge in [-0.15, -0.1) is 0 Å². The zero-order chi connectivity index (χ0) is 17.2. The summed E-state index contributed by atoms with van der Waals surface area (Å²) in [5.74, 6) is 0.405. The summed E-state index contributed by atoms with van der Waals surface area (Å²) >= 11 is 0. The van der Waals surface area contributed by atoms with Crippen LogP contribution in [0.5, 0.6) is 0 Å². The van der Waals surface area contributed by atoms with Gasteiger partial charge in [0.05, 0.1) is 11.5 Å². The molecule has 5 nitrogen and oxygen atoms in total. The highest BCUT2D eigenvalue weighted by atomic mass is 32.2. The quantitative estimate of drug-likeness (QED) is 0.813. The van der Waals surface area contributed by atoms with Crippen LogP contribution in [0.2, 0.25) is 0 Å². The number of para-hydroxylation sites is 1. The molecular weight excluding hydrogens is 324 g/mol. The van der Waals surface area contributed by atoms with Gasteiger partial charge >= 0.3 is 0 Å². The Morgan fingerprint density at radius 1 is 1.33 bits per heavy atom. The van der Waals surface area contributed by atoms with Gasteiger partial charge in [-0.05, 0) is 37.8 Å². The van der Waals surface area contributed by atoms with E-state index in [9.17, 15) is 13.2 Å². The summed E-state index contributed by atoms with van der Waals surface area (Å²) in [6, 6.07) is 8.25. The summed E-state index contributed by atoms with van der Waals surface area (Å²) < 4.78 is 23.4. The van der Waals surface area contributed by atoms with Crippen LogP contribution in [0.25, 0.3) is 0 Å². The van der Waals surface area contributed by atoms with E-state index < -0.39 is 9.84 Å². The molecule has 6 heteroatoms. The van der Waals surface area contributed by atoms with Gasteiger partial charge in [0.2, 0.25) is 5.91 Å². The molecule has 0 N–H and O–H groups in total. The summed E-state index contributed by atoms with van der Waals surface area (Å²) in [6.07, 6.45) is 3.23. The average Bonchev–Trinajstić information content (AvgIpc) is 2.93. The predicted molar refractivity (Wildman–Crippen MR) is 96.0 cm³/mol. The highest BCUT2D eigenvalue weighted by Crippen LogP contribution is 2.27. The van der Waals surface area contributed by atoms with E-state index in [-0.39, 0.29) is 23.5 Å². The van der Waals surface area contributed by atoms with Gasteiger partial charge in [-0.2, -0.15) is 0 Å². The summed E-state index contributed by atoms with van der Waals surface area (Å²) in [5, 5.41) is 0. The summed E-state index contributed by atoms with van der Waals surface area (Å²) in [5.41, 5.74) is 2.59. The van der Waals surface area contributed by atoms with Crippen molar-refractivity contribution in [3.8, 4) is 0 Å². The maximum Gasteiger partial charge on any atom is 0.224 e. The van der Waals surface area contributed by atoms with Crippen LogP contribution in [0.15, 0.2) is 24.3 Å². The molecule has 0 bridgehead atoms. The molecule has 0 saturated carbocycles. The number of anilines is 1. The lowest BCUT2D eigenvalue weighted by Gasteiger charge is -2.33. The number of carbonyl (C=O) groups excluding carboxylic acids is 1. The van der Waals surface area contributed by atoms with E-state index in [1.165, 1.54) is 11.3 Å². The minimum atomic E-state index is -2.96. The SMILES string of the molecule is CCN(C(=O)CCN1CCCc2ccccc21)C1CCS(=O)(=O)C1. The number of fused-ring (bicyclic) bond motifs is 1. The fourth-order valence-corrected chi connectivity index (χ4v) is 5.61. The normalized spacial score (nSPS) is 22.2. The van der Waals surface area contributed by atoms with E-state index in [1.807, 2.05) is 13.0 Å².